The first-order valence-corrected chi connectivity index (χ1v) is 8.24. The molecule has 1 aromatic carbocycles. The molecule has 25 heavy (non-hydrogen) atoms. The van der Waals surface area contributed by atoms with E-state index in [2.05, 4.69) is 20.8 Å². The number of amides is 1. The number of Topliss-reactive ketones (excluding diaryl/α,β-unsaturated/α-hetero) is 1. The van der Waals surface area contributed by atoms with E-state index < -0.39 is 11.2 Å². The highest BCUT2D eigenvalue weighted by molar-refractivity contribution is 6.19. The fourth-order valence-electron chi connectivity index (χ4n) is 4.42. The standard InChI is InChI=1S/C18H15FN4O2/c1-8-14-16(23-22-8)20-12-3-2-4-13(24)15(12)18(14)10-7-9(19)5-6-11(10)21-17(18)25/h5-7H,2-4H2,1H3,(H,21,25)(H2,20,22,23). The minimum atomic E-state index is -1.35. The van der Waals surface area contributed by atoms with Gasteiger partial charge in [-0.25, -0.2) is 4.39 Å². The van der Waals surface area contributed by atoms with Crippen molar-refractivity contribution in [3.63, 3.8) is 0 Å². The Morgan fingerprint density at radius 1 is 1.20 bits per heavy atom. The number of nitrogens with one attached hydrogen (secondary N) is 3. The van der Waals surface area contributed by atoms with Crippen molar-refractivity contribution in [2.24, 2.45) is 0 Å². The molecule has 0 bridgehead atoms. The number of anilines is 2. The van der Waals surface area contributed by atoms with E-state index in [1.165, 1.54) is 12.1 Å². The van der Waals surface area contributed by atoms with E-state index in [0.29, 0.717) is 52.4 Å². The molecule has 1 aliphatic carbocycles. The Labute approximate surface area is 142 Å². The van der Waals surface area contributed by atoms with Gasteiger partial charge in [0.05, 0.1) is 0 Å². The summed E-state index contributed by atoms with van der Waals surface area (Å²) in [5.41, 5.74) is 2.09. The minimum Gasteiger partial charge on any atom is -0.342 e. The van der Waals surface area contributed by atoms with Gasteiger partial charge in [0.1, 0.15) is 11.2 Å². The van der Waals surface area contributed by atoms with Crippen LogP contribution in [0.2, 0.25) is 0 Å². The summed E-state index contributed by atoms with van der Waals surface area (Å²) in [6, 6.07) is 4.20. The van der Waals surface area contributed by atoms with Crippen LogP contribution >= 0.6 is 0 Å². The molecule has 3 N–H and O–H groups in total. The number of nitrogens with zero attached hydrogens (tertiary/aromatic N) is 1. The summed E-state index contributed by atoms with van der Waals surface area (Å²) < 4.78 is 14.1. The van der Waals surface area contributed by atoms with Crippen molar-refractivity contribution >= 4 is 23.2 Å². The predicted molar refractivity (Wildman–Crippen MR) is 88.6 cm³/mol. The summed E-state index contributed by atoms with van der Waals surface area (Å²) in [4.78, 5) is 26.1. The molecule has 0 saturated carbocycles. The van der Waals surface area contributed by atoms with Gasteiger partial charge in [-0.1, -0.05) is 0 Å². The number of ketones is 1. The summed E-state index contributed by atoms with van der Waals surface area (Å²) in [6.07, 6.45) is 1.76. The zero-order valence-corrected chi connectivity index (χ0v) is 13.5. The van der Waals surface area contributed by atoms with E-state index >= 15 is 0 Å². The van der Waals surface area contributed by atoms with Crippen molar-refractivity contribution in [1.82, 2.24) is 10.2 Å². The highest BCUT2D eigenvalue weighted by Crippen LogP contribution is 2.55. The number of hydrogen-bond donors (Lipinski definition) is 3. The van der Waals surface area contributed by atoms with Gasteiger partial charge in [0.2, 0.25) is 5.91 Å². The molecule has 5 rings (SSSR count). The second kappa shape index (κ2) is 4.56. The highest BCUT2D eigenvalue weighted by Gasteiger charge is 2.58. The monoisotopic (exact) mass is 338 g/mol. The summed E-state index contributed by atoms with van der Waals surface area (Å²) >= 11 is 0. The molecule has 2 aromatic rings. The molecule has 0 saturated heterocycles. The summed E-state index contributed by atoms with van der Waals surface area (Å²) in [5, 5.41) is 13.2. The van der Waals surface area contributed by atoms with Gasteiger partial charge >= 0.3 is 0 Å². The maximum atomic E-state index is 14.1. The Morgan fingerprint density at radius 3 is 2.88 bits per heavy atom. The predicted octanol–water partition coefficient (Wildman–Crippen LogP) is 2.53. The molecule has 0 radical (unpaired) electrons. The first-order chi connectivity index (χ1) is 12.0. The second-order valence-corrected chi connectivity index (χ2v) is 6.72. The topological polar surface area (TPSA) is 86.9 Å². The number of carbonyl (C=O) groups excluding carboxylic acids is 2. The van der Waals surface area contributed by atoms with Crippen LogP contribution in [-0.4, -0.2) is 21.9 Å². The van der Waals surface area contributed by atoms with Crippen LogP contribution in [0.1, 0.15) is 36.1 Å². The fraction of sp³-hybridized carbons (Fsp3) is 0.278. The van der Waals surface area contributed by atoms with Crippen molar-refractivity contribution in [1.29, 1.82) is 0 Å². The van der Waals surface area contributed by atoms with Crippen LogP contribution in [0.25, 0.3) is 0 Å². The lowest BCUT2D eigenvalue weighted by atomic mass is 9.64. The van der Waals surface area contributed by atoms with Gasteiger partial charge in [0.15, 0.2) is 11.6 Å². The van der Waals surface area contributed by atoms with E-state index in [1.807, 2.05) is 0 Å². The zero-order valence-electron chi connectivity index (χ0n) is 13.5. The molecule has 3 heterocycles. The molecule has 2 aliphatic heterocycles. The third-order valence-electron chi connectivity index (χ3n) is 5.35. The smallest absolute Gasteiger partial charge is 0.244 e. The highest BCUT2D eigenvalue weighted by atomic mass is 19.1. The molecule has 3 aliphatic rings. The Bertz CT molecular complexity index is 1010. The number of aryl methyl sites for hydroxylation is 1. The van der Waals surface area contributed by atoms with Crippen molar-refractivity contribution in [3.05, 3.63) is 52.1 Å². The third kappa shape index (κ3) is 1.60. The molecule has 1 aromatic heterocycles. The lowest BCUT2D eigenvalue weighted by molar-refractivity contribution is -0.122. The third-order valence-corrected chi connectivity index (χ3v) is 5.35. The number of allylic oxidation sites excluding steroid dienone is 1. The lowest BCUT2D eigenvalue weighted by Gasteiger charge is -2.38. The van der Waals surface area contributed by atoms with Gasteiger partial charge in [0, 0.05) is 40.2 Å². The Morgan fingerprint density at radius 2 is 2.04 bits per heavy atom. The van der Waals surface area contributed by atoms with Gasteiger partial charge in [-0.3, -0.25) is 14.7 Å². The molecule has 126 valence electrons. The zero-order chi connectivity index (χ0) is 17.3. The number of hydrogen-bond acceptors (Lipinski definition) is 4. The number of carbonyl (C=O) groups is 2. The maximum Gasteiger partial charge on any atom is 0.244 e. The van der Waals surface area contributed by atoms with Gasteiger partial charge in [-0.05, 0) is 38.0 Å². The van der Waals surface area contributed by atoms with E-state index in [1.54, 1.807) is 13.0 Å². The molecule has 1 unspecified atom stereocenters. The van der Waals surface area contributed by atoms with Crippen molar-refractivity contribution in [2.75, 3.05) is 10.6 Å². The van der Waals surface area contributed by atoms with Crippen LogP contribution in [0.5, 0.6) is 0 Å². The van der Waals surface area contributed by atoms with Crippen LogP contribution in [0, 0.1) is 12.7 Å². The van der Waals surface area contributed by atoms with Crippen LogP contribution in [-0.2, 0) is 15.0 Å². The van der Waals surface area contributed by atoms with Crippen LogP contribution in [0.3, 0.4) is 0 Å². The fourth-order valence-corrected chi connectivity index (χ4v) is 4.42. The number of benzene rings is 1. The van der Waals surface area contributed by atoms with Gasteiger partial charge in [0.25, 0.3) is 0 Å². The quantitative estimate of drug-likeness (QED) is 0.689. The van der Waals surface area contributed by atoms with Crippen LogP contribution in [0.15, 0.2) is 29.5 Å². The largest absolute Gasteiger partial charge is 0.342 e. The Hall–Kier alpha value is -2.96. The first kappa shape index (κ1) is 14.4. The summed E-state index contributed by atoms with van der Waals surface area (Å²) in [6.45, 7) is 1.80. The molecule has 6 nitrogen and oxygen atoms in total. The minimum absolute atomic E-state index is 0.0766. The van der Waals surface area contributed by atoms with Crippen LogP contribution < -0.4 is 10.6 Å². The molecule has 1 atom stereocenters. The van der Waals surface area contributed by atoms with Gasteiger partial charge in [-0.2, -0.15) is 5.10 Å². The van der Waals surface area contributed by atoms with Gasteiger partial charge in [-0.15, -0.1) is 0 Å². The second-order valence-electron chi connectivity index (χ2n) is 6.72. The van der Waals surface area contributed by atoms with Crippen molar-refractivity contribution in [3.8, 4) is 0 Å². The van der Waals surface area contributed by atoms with Gasteiger partial charge < -0.3 is 10.6 Å². The summed E-state index contributed by atoms with van der Waals surface area (Å²) in [5.74, 6) is -0.324. The molecule has 1 amide bonds. The number of rotatable bonds is 0. The molecule has 1 spiro atoms. The summed E-state index contributed by atoms with van der Waals surface area (Å²) in [7, 11) is 0. The number of fused-ring (bicyclic) bond motifs is 5. The average Bonchev–Trinajstić information content (AvgIpc) is 3.07. The van der Waals surface area contributed by atoms with Crippen LogP contribution in [0.4, 0.5) is 15.9 Å². The first-order valence-electron chi connectivity index (χ1n) is 8.24. The molecule has 0 fully saturated rings. The number of aromatic amines is 1. The van der Waals surface area contributed by atoms with E-state index in [4.69, 9.17) is 0 Å². The lowest BCUT2D eigenvalue weighted by Crippen LogP contribution is -2.45. The van der Waals surface area contributed by atoms with E-state index in [0.717, 1.165) is 6.42 Å². The van der Waals surface area contributed by atoms with E-state index in [-0.39, 0.29) is 11.7 Å². The number of halogens is 1. The van der Waals surface area contributed by atoms with Crippen molar-refractivity contribution < 1.29 is 14.0 Å². The molecular formula is C18H15FN4O2. The van der Waals surface area contributed by atoms with E-state index in [9.17, 15) is 14.0 Å². The molecule has 7 heteroatoms. The maximum absolute atomic E-state index is 14.1. The SMILES string of the molecule is Cc1[nH]nc2c1C1(C(=O)Nc3ccc(F)cc31)C1=C(CCCC1=O)N2. The normalized spacial score (nSPS) is 23.9. The Kier molecular flexibility index (Phi) is 2.63. The number of aromatic nitrogens is 2. The molecular weight excluding hydrogens is 323 g/mol. The Balaban J connectivity index is 1.94. The average molecular weight is 338 g/mol. The number of H-pyrrole nitrogens is 1. The van der Waals surface area contributed by atoms with Crippen molar-refractivity contribution in [2.45, 2.75) is 31.6 Å².